The van der Waals surface area contributed by atoms with E-state index in [0.717, 1.165) is 11.3 Å². The monoisotopic (exact) mass is 326 g/mol. The molecule has 0 aromatic carbocycles. The fourth-order valence-electron chi connectivity index (χ4n) is 3.50. The third-order valence-corrected chi connectivity index (χ3v) is 6.52. The molecule has 110 valence electrons. The fourth-order valence-corrected chi connectivity index (χ4v) is 4.93. The van der Waals surface area contributed by atoms with Gasteiger partial charge in [-0.2, -0.15) is 0 Å². The normalized spacial score (nSPS) is 34.0. The first-order valence-electron chi connectivity index (χ1n) is 6.30. The average Bonchev–Trinajstić information content (AvgIpc) is 3.12. The molecular weight excluding hydrogens is 316 g/mol. The second-order valence-corrected chi connectivity index (χ2v) is 8.10. The van der Waals surface area contributed by atoms with Gasteiger partial charge in [0.1, 0.15) is 0 Å². The molecule has 8 nitrogen and oxygen atoms in total. The molecule has 2 fully saturated rings. The first-order valence-corrected chi connectivity index (χ1v) is 8.66. The van der Waals surface area contributed by atoms with Gasteiger partial charge in [-0.25, -0.2) is 18.5 Å². The molecule has 10 heteroatoms. The summed E-state index contributed by atoms with van der Waals surface area (Å²) in [6.07, 6.45) is 4.80. The maximum atomic E-state index is 12.5. The number of carbonyl (C=O) groups is 2. The number of nitrogens with zero attached hydrogens (tertiary/aromatic N) is 3. The van der Waals surface area contributed by atoms with E-state index in [-0.39, 0.29) is 40.6 Å². The van der Waals surface area contributed by atoms with Crippen molar-refractivity contribution in [3.63, 3.8) is 0 Å². The lowest BCUT2D eigenvalue weighted by molar-refractivity contribution is -0.123. The highest BCUT2D eigenvalue weighted by Crippen LogP contribution is 2.53. The van der Waals surface area contributed by atoms with E-state index < -0.39 is 14.4 Å². The first-order chi connectivity index (χ1) is 9.88. The van der Waals surface area contributed by atoms with Crippen LogP contribution < -0.4 is 10.0 Å². The Balaban J connectivity index is 1.73. The second kappa shape index (κ2) is 3.96. The molecule has 0 spiro atoms. The molecule has 0 radical (unpaired) electrons. The number of amides is 2. The molecule has 2 bridgehead atoms. The van der Waals surface area contributed by atoms with Gasteiger partial charge in [0.15, 0.2) is 0 Å². The summed E-state index contributed by atoms with van der Waals surface area (Å²) in [4.78, 5) is 25.9. The van der Waals surface area contributed by atoms with Crippen molar-refractivity contribution in [2.24, 2.45) is 28.8 Å². The maximum absolute atomic E-state index is 12.5. The van der Waals surface area contributed by atoms with E-state index in [1.165, 1.54) is 0 Å². The zero-order valence-electron chi connectivity index (χ0n) is 10.5. The third kappa shape index (κ3) is 1.66. The molecule has 1 aromatic rings. The molecule has 4 atom stereocenters. The topological polar surface area (TPSA) is 123 Å². The standard InChI is InChI=1S/C11H10N4O4S2/c12-21(18,19)11-14-13-10(20-11)15-8(16)6-4-1-2-5(3-4)7(6)9(15)17/h1-2,4-7H,3H2,(H2,12,18,19)/t4?,5?,6-,7+. The predicted octanol–water partition coefficient (Wildman–Crippen LogP) is -0.503. The highest BCUT2D eigenvalue weighted by molar-refractivity contribution is 7.91. The van der Waals surface area contributed by atoms with Crippen LogP contribution in [0.5, 0.6) is 0 Å². The molecule has 21 heavy (non-hydrogen) atoms. The van der Waals surface area contributed by atoms with Crippen LogP contribution in [0, 0.1) is 23.7 Å². The van der Waals surface area contributed by atoms with E-state index in [2.05, 4.69) is 10.2 Å². The Labute approximate surface area is 123 Å². The van der Waals surface area contributed by atoms with Crippen LogP contribution in [0.3, 0.4) is 0 Å². The van der Waals surface area contributed by atoms with Crippen LogP contribution in [0.4, 0.5) is 5.13 Å². The molecule has 2 amide bonds. The van der Waals surface area contributed by atoms with Crippen molar-refractivity contribution >= 4 is 38.3 Å². The van der Waals surface area contributed by atoms with E-state index in [9.17, 15) is 18.0 Å². The lowest BCUT2D eigenvalue weighted by atomic mass is 9.85. The predicted molar refractivity (Wildman–Crippen MR) is 71.5 cm³/mol. The van der Waals surface area contributed by atoms with Gasteiger partial charge in [0.2, 0.25) is 21.3 Å². The lowest BCUT2D eigenvalue weighted by Gasteiger charge is -2.14. The smallest absolute Gasteiger partial charge is 0.267 e. The van der Waals surface area contributed by atoms with Crippen molar-refractivity contribution in [3.8, 4) is 0 Å². The van der Waals surface area contributed by atoms with Gasteiger partial charge in [-0.3, -0.25) is 9.59 Å². The number of hydrogen-bond acceptors (Lipinski definition) is 7. The van der Waals surface area contributed by atoms with Crippen LogP contribution in [0.25, 0.3) is 0 Å². The number of anilines is 1. The molecule has 2 N–H and O–H groups in total. The van der Waals surface area contributed by atoms with Crippen LogP contribution in [-0.4, -0.2) is 30.4 Å². The summed E-state index contributed by atoms with van der Waals surface area (Å²) in [7, 11) is -3.99. The summed E-state index contributed by atoms with van der Waals surface area (Å²) in [6.45, 7) is 0. The minimum absolute atomic E-state index is 0.0252. The number of nitrogens with two attached hydrogens (primary N) is 1. The SMILES string of the molecule is NS(=O)(=O)c1nnc(N2C(=O)[C@@H]3C4C=CC(C4)[C@@H]3C2=O)s1. The van der Waals surface area contributed by atoms with Crippen molar-refractivity contribution < 1.29 is 18.0 Å². The van der Waals surface area contributed by atoms with Crippen LogP contribution in [0.1, 0.15) is 6.42 Å². The van der Waals surface area contributed by atoms with Crippen LogP contribution >= 0.6 is 11.3 Å². The summed E-state index contributed by atoms with van der Waals surface area (Å²) >= 11 is 0.635. The fraction of sp³-hybridized carbons (Fsp3) is 0.455. The molecule has 1 saturated heterocycles. The Morgan fingerprint density at radius 1 is 1.14 bits per heavy atom. The van der Waals surface area contributed by atoms with Crippen molar-refractivity contribution in [3.05, 3.63) is 12.2 Å². The van der Waals surface area contributed by atoms with E-state index in [0.29, 0.717) is 11.3 Å². The number of allylic oxidation sites excluding steroid dienone is 2. The number of aromatic nitrogens is 2. The molecule has 3 aliphatic rings. The third-order valence-electron chi connectivity index (χ3n) is 4.30. The number of sulfonamides is 1. The lowest BCUT2D eigenvalue weighted by Crippen LogP contribution is -2.32. The Morgan fingerprint density at radius 2 is 1.71 bits per heavy atom. The number of primary sulfonamides is 1. The molecular formula is C11H10N4O4S2. The molecule has 2 unspecified atom stereocenters. The maximum Gasteiger partial charge on any atom is 0.267 e. The van der Waals surface area contributed by atoms with Gasteiger partial charge in [-0.15, -0.1) is 10.2 Å². The van der Waals surface area contributed by atoms with Crippen LogP contribution in [-0.2, 0) is 19.6 Å². The highest BCUT2D eigenvalue weighted by Gasteiger charge is 2.60. The molecule has 1 aromatic heterocycles. The molecule has 2 heterocycles. The number of hydrogen-bond donors (Lipinski definition) is 1. The zero-order chi connectivity index (χ0) is 14.9. The highest BCUT2D eigenvalue weighted by atomic mass is 32.2. The Morgan fingerprint density at radius 3 is 2.19 bits per heavy atom. The number of rotatable bonds is 2. The van der Waals surface area contributed by atoms with Crippen molar-refractivity contribution in [1.29, 1.82) is 0 Å². The number of carbonyl (C=O) groups excluding carboxylic acids is 2. The van der Waals surface area contributed by atoms with Gasteiger partial charge in [-0.1, -0.05) is 23.5 Å². The van der Waals surface area contributed by atoms with Crippen molar-refractivity contribution in [2.45, 2.75) is 10.8 Å². The summed E-state index contributed by atoms with van der Waals surface area (Å²) in [5.41, 5.74) is 0. The Hall–Kier alpha value is -1.65. The van der Waals surface area contributed by atoms with Gasteiger partial charge in [-0.05, 0) is 18.3 Å². The van der Waals surface area contributed by atoms with E-state index in [4.69, 9.17) is 5.14 Å². The molecule has 1 aliphatic heterocycles. The second-order valence-electron chi connectivity index (χ2n) is 5.41. The van der Waals surface area contributed by atoms with Crippen LogP contribution in [0.2, 0.25) is 0 Å². The van der Waals surface area contributed by atoms with E-state index in [1.54, 1.807) is 0 Å². The first kappa shape index (κ1) is 13.0. The summed E-state index contributed by atoms with van der Waals surface area (Å²) in [5.74, 6) is -1.17. The molecule has 4 rings (SSSR count). The van der Waals surface area contributed by atoms with Gasteiger partial charge >= 0.3 is 0 Å². The van der Waals surface area contributed by atoms with Crippen LogP contribution in [0.15, 0.2) is 16.5 Å². The van der Waals surface area contributed by atoms with E-state index in [1.807, 2.05) is 12.2 Å². The minimum atomic E-state index is -3.99. The quantitative estimate of drug-likeness (QED) is 0.444. The number of imide groups is 1. The Kier molecular flexibility index (Phi) is 2.46. The van der Waals surface area contributed by atoms with Crippen molar-refractivity contribution in [2.75, 3.05) is 4.90 Å². The summed E-state index contributed by atoms with van der Waals surface area (Å²) < 4.78 is 22.0. The van der Waals surface area contributed by atoms with Crippen molar-refractivity contribution in [1.82, 2.24) is 10.2 Å². The van der Waals surface area contributed by atoms with Gasteiger partial charge < -0.3 is 0 Å². The minimum Gasteiger partial charge on any atom is -0.274 e. The Bertz CT molecular complexity index is 769. The molecule has 2 aliphatic carbocycles. The largest absolute Gasteiger partial charge is 0.274 e. The average molecular weight is 326 g/mol. The van der Waals surface area contributed by atoms with Gasteiger partial charge in [0, 0.05) is 0 Å². The summed E-state index contributed by atoms with van der Waals surface area (Å²) in [5, 5.41) is 12.0. The zero-order valence-corrected chi connectivity index (χ0v) is 12.2. The van der Waals surface area contributed by atoms with Gasteiger partial charge in [0.25, 0.3) is 10.0 Å². The molecule has 1 saturated carbocycles. The summed E-state index contributed by atoms with van der Waals surface area (Å²) in [6, 6.07) is 0. The van der Waals surface area contributed by atoms with Gasteiger partial charge in [0.05, 0.1) is 11.8 Å². The van der Waals surface area contributed by atoms with E-state index >= 15 is 0 Å². The number of fused-ring (bicyclic) bond motifs is 5.